The van der Waals surface area contributed by atoms with E-state index < -0.39 is 12.0 Å². The van der Waals surface area contributed by atoms with Crippen molar-refractivity contribution in [2.75, 3.05) is 26.2 Å². The van der Waals surface area contributed by atoms with E-state index in [0.29, 0.717) is 0 Å². The molecule has 3 rings (SSSR count). The number of benzene rings is 1. The highest BCUT2D eigenvalue weighted by molar-refractivity contribution is 5.89. The maximum Gasteiger partial charge on any atom is 0.325 e. The molecule has 1 aliphatic rings. The standard InChI is InChI=1S/C15H17N3O2/c19-15(20)14(18-7-5-16-6-8-18)13-10-17-9-11-3-1-2-4-12(11)13/h1-4,9-10,14,16H,5-8H2,(H,19,20). The summed E-state index contributed by atoms with van der Waals surface area (Å²) in [4.78, 5) is 18.0. The Balaban J connectivity index is 2.07. The highest BCUT2D eigenvalue weighted by Crippen LogP contribution is 2.27. The van der Waals surface area contributed by atoms with E-state index in [1.165, 1.54) is 0 Å². The van der Waals surface area contributed by atoms with Gasteiger partial charge in [0.25, 0.3) is 0 Å². The van der Waals surface area contributed by atoms with Crippen molar-refractivity contribution < 1.29 is 9.90 Å². The van der Waals surface area contributed by atoms with E-state index in [1.54, 1.807) is 12.4 Å². The predicted molar refractivity (Wildman–Crippen MR) is 76.6 cm³/mol. The summed E-state index contributed by atoms with van der Waals surface area (Å²) >= 11 is 0. The van der Waals surface area contributed by atoms with E-state index in [4.69, 9.17) is 0 Å². The van der Waals surface area contributed by atoms with Crippen molar-refractivity contribution in [3.8, 4) is 0 Å². The van der Waals surface area contributed by atoms with Crippen LogP contribution in [-0.2, 0) is 4.79 Å². The van der Waals surface area contributed by atoms with Crippen molar-refractivity contribution in [3.63, 3.8) is 0 Å². The SMILES string of the molecule is O=C(O)C(c1cncc2ccccc12)N1CCNCC1. The Labute approximate surface area is 117 Å². The van der Waals surface area contributed by atoms with Gasteiger partial charge in [0.1, 0.15) is 6.04 Å². The highest BCUT2D eigenvalue weighted by Gasteiger charge is 2.29. The minimum atomic E-state index is -0.815. The molecule has 2 heterocycles. The number of aliphatic carboxylic acids is 1. The minimum absolute atomic E-state index is 0.629. The average molecular weight is 271 g/mol. The van der Waals surface area contributed by atoms with E-state index >= 15 is 0 Å². The number of carboxylic acids is 1. The molecule has 0 radical (unpaired) electrons. The lowest BCUT2D eigenvalue weighted by Gasteiger charge is -2.32. The molecule has 0 saturated carbocycles. The van der Waals surface area contributed by atoms with E-state index in [2.05, 4.69) is 10.3 Å². The first kappa shape index (κ1) is 13.0. The first-order valence-corrected chi connectivity index (χ1v) is 6.77. The van der Waals surface area contributed by atoms with E-state index in [-0.39, 0.29) is 0 Å². The van der Waals surface area contributed by atoms with Crippen molar-refractivity contribution >= 4 is 16.7 Å². The summed E-state index contributed by atoms with van der Waals surface area (Å²) in [7, 11) is 0. The number of piperazine rings is 1. The molecule has 0 aliphatic carbocycles. The largest absolute Gasteiger partial charge is 0.480 e. The molecule has 0 bridgehead atoms. The molecule has 1 aromatic carbocycles. The average Bonchev–Trinajstić information content (AvgIpc) is 2.48. The van der Waals surface area contributed by atoms with Gasteiger partial charge >= 0.3 is 5.97 Å². The van der Waals surface area contributed by atoms with Crippen LogP contribution in [0.3, 0.4) is 0 Å². The summed E-state index contributed by atoms with van der Waals surface area (Å²) in [5.74, 6) is -0.815. The molecule has 1 aromatic heterocycles. The highest BCUT2D eigenvalue weighted by atomic mass is 16.4. The quantitative estimate of drug-likeness (QED) is 0.880. The molecule has 5 heteroatoms. The lowest BCUT2D eigenvalue weighted by atomic mass is 10.00. The Morgan fingerprint density at radius 2 is 2.00 bits per heavy atom. The summed E-state index contributed by atoms with van der Waals surface area (Å²) in [6, 6.07) is 7.17. The number of hydrogen-bond donors (Lipinski definition) is 2. The first-order valence-electron chi connectivity index (χ1n) is 6.77. The van der Waals surface area contributed by atoms with Gasteiger partial charge in [-0.05, 0) is 5.39 Å². The Hall–Kier alpha value is -1.98. The number of carboxylic acid groups (broad SMARTS) is 1. The maximum absolute atomic E-state index is 11.8. The van der Waals surface area contributed by atoms with Gasteiger partial charge in [-0.25, -0.2) is 0 Å². The molecule has 1 atom stereocenters. The lowest BCUT2D eigenvalue weighted by Crippen LogP contribution is -2.47. The van der Waals surface area contributed by atoms with Gasteiger partial charge in [0.05, 0.1) is 0 Å². The number of nitrogens with zero attached hydrogens (tertiary/aromatic N) is 2. The van der Waals surface area contributed by atoms with Gasteiger partial charge in [0.2, 0.25) is 0 Å². The third kappa shape index (κ3) is 2.37. The van der Waals surface area contributed by atoms with Gasteiger partial charge in [0.15, 0.2) is 0 Å². The number of rotatable bonds is 3. The van der Waals surface area contributed by atoms with Crippen LogP contribution >= 0.6 is 0 Å². The number of hydrogen-bond acceptors (Lipinski definition) is 4. The molecule has 104 valence electrons. The molecule has 20 heavy (non-hydrogen) atoms. The van der Waals surface area contributed by atoms with Crippen LogP contribution in [-0.4, -0.2) is 47.1 Å². The second-order valence-electron chi connectivity index (χ2n) is 4.98. The molecular formula is C15H17N3O2. The fraction of sp³-hybridized carbons (Fsp3) is 0.333. The maximum atomic E-state index is 11.8. The van der Waals surface area contributed by atoms with Crippen molar-refractivity contribution in [2.45, 2.75) is 6.04 Å². The lowest BCUT2D eigenvalue weighted by molar-refractivity contribution is -0.143. The number of nitrogens with one attached hydrogen (secondary N) is 1. The van der Waals surface area contributed by atoms with E-state index in [1.807, 2.05) is 29.2 Å². The molecule has 2 N–H and O–H groups in total. The molecule has 1 saturated heterocycles. The Morgan fingerprint density at radius 1 is 1.25 bits per heavy atom. The van der Waals surface area contributed by atoms with Crippen LogP contribution in [0.2, 0.25) is 0 Å². The molecule has 5 nitrogen and oxygen atoms in total. The van der Waals surface area contributed by atoms with Gasteiger partial charge in [-0.15, -0.1) is 0 Å². The van der Waals surface area contributed by atoms with Crippen LogP contribution in [0.1, 0.15) is 11.6 Å². The van der Waals surface area contributed by atoms with E-state index in [0.717, 1.165) is 42.5 Å². The summed E-state index contributed by atoms with van der Waals surface area (Å²) in [6.45, 7) is 3.12. The minimum Gasteiger partial charge on any atom is -0.480 e. The zero-order valence-electron chi connectivity index (χ0n) is 11.1. The smallest absolute Gasteiger partial charge is 0.325 e. The number of pyridine rings is 1. The van der Waals surface area contributed by atoms with E-state index in [9.17, 15) is 9.90 Å². The first-order chi connectivity index (χ1) is 9.77. The topological polar surface area (TPSA) is 65.5 Å². The summed E-state index contributed by atoms with van der Waals surface area (Å²) in [5, 5.41) is 14.8. The van der Waals surface area contributed by atoms with Gasteiger partial charge in [-0.2, -0.15) is 0 Å². The monoisotopic (exact) mass is 271 g/mol. The summed E-state index contributed by atoms with van der Waals surface area (Å²) in [5.41, 5.74) is 0.775. The Bertz CT molecular complexity index is 618. The molecular weight excluding hydrogens is 254 g/mol. The molecule has 1 fully saturated rings. The van der Waals surface area contributed by atoms with Crippen molar-refractivity contribution in [1.29, 1.82) is 0 Å². The zero-order chi connectivity index (χ0) is 13.9. The second-order valence-corrected chi connectivity index (χ2v) is 4.98. The van der Waals surface area contributed by atoms with Crippen LogP contribution in [0, 0.1) is 0 Å². The third-order valence-corrected chi connectivity index (χ3v) is 3.74. The molecule has 1 unspecified atom stereocenters. The van der Waals surface area contributed by atoms with Crippen molar-refractivity contribution in [3.05, 3.63) is 42.2 Å². The zero-order valence-corrected chi connectivity index (χ0v) is 11.1. The Kier molecular flexibility index (Phi) is 3.62. The molecule has 0 amide bonds. The van der Waals surface area contributed by atoms with Crippen molar-refractivity contribution in [2.24, 2.45) is 0 Å². The fourth-order valence-corrected chi connectivity index (χ4v) is 2.78. The van der Waals surface area contributed by atoms with Gasteiger partial charge in [0, 0.05) is 49.5 Å². The Morgan fingerprint density at radius 3 is 2.75 bits per heavy atom. The molecule has 1 aliphatic heterocycles. The van der Waals surface area contributed by atoms with Gasteiger partial charge in [-0.1, -0.05) is 24.3 Å². The van der Waals surface area contributed by atoms with Crippen LogP contribution in [0.15, 0.2) is 36.7 Å². The number of fused-ring (bicyclic) bond motifs is 1. The number of aromatic nitrogens is 1. The number of carbonyl (C=O) groups is 1. The molecule has 0 spiro atoms. The summed E-state index contributed by atoms with van der Waals surface area (Å²) < 4.78 is 0. The molecule has 2 aromatic rings. The normalized spacial score (nSPS) is 18.0. The summed E-state index contributed by atoms with van der Waals surface area (Å²) in [6.07, 6.45) is 3.46. The second kappa shape index (κ2) is 5.56. The fourth-order valence-electron chi connectivity index (χ4n) is 2.78. The van der Waals surface area contributed by atoms with Crippen molar-refractivity contribution in [1.82, 2.24) is 15.2 Å². The van der Waals surface area contributed by atoms with Crippen LogP contribution in [0.5, 0.6) is 0 Å². The third-order valence-electron chi connectivity index (χ3n) is 3.74. The van der Waals surface area contributed by atoms with Gasteiger partial charge in [-0.3, -0.25) is 14.7 Å². The van der Waals surface area contributed by atoms with Gasteiger partial charge < -0.3 is 10.4 Å². The van der Waals surface area contributed by atoms with Crippen LogP contribution < -0.4 is 5.32 Å². The predicted octanol–water partition coefficient (Wildman–Crippen LogP) is 1.27. The van der Waals surface area contributed by atoms with Crippen LogP contribution in [0.4, 0.5) is 0 Å². The van der Waals surface area contributed by atoms with Crippen LogP contribution in [0.25, 0.3) is 10.8 Å².